The number of ketones is 1. The largest absolute Gasteiger partial charge is 0.380 e. The second-order valence-electron chi connectivity index (χ2n) is 21.4. The summed E-state index contributed by atoms with van der Waals surface area (Å²) in [6.07, 6.45) is 8.63. The van der Waals surface area contributed by atoms with Crippen LogP contribution in [-0.2, 0) is 19.1 Å². The van der Waals surface area contributed by atoms with Crippen LogP contribution < -0.4 is 16.1 Å². The maximum absolute atomic E-state index is 15.0. The number of nitrogens with zero attached hydrogens (tertiary/aromatic N) is 5. The molecule has 63 heavy (non-hydrogen) atoms. The van der Waals surface area contributed by atoms with E-state index in [1.807, 2.05) is 28.9 Å². The standard InChI is InChI=1S/C51H88N8O4/c1-17-45-40(28-31(2)3)22-24-51(14,63-45)35(9)36(10)53-48-39(13)58-42(20-18-25-52-58)38(12)55(15)30-46(61)59-43(21-19-26-56(59)16)50(62)57-27-23-34(8)49(57)37(11)54-47(33(6)7)44(60)29-41(48)32(4)5/h31-35,40-43,45,47-49,52-54H,10-13,17-30H2,1-9,14-16H3. The van der Waals surface area contributed by atoms with Gasteiger partial charge < -0.3 is 30.2 Å². The molecule has 3 N–H and O–H groups in total. The van der Waals surface area contributed by atoms with E-state index in [-0.39, 0.29) is 78.0 Å². The molecule has 11 atom stereocenters. The van der Waals surface area contributed by atoms with Crippen molar-refractivity contribution in [3.8, 4) is 0 Å². The van der Waals surface area contributed by atoms with Crippen LogP contribution in [0.25, 0.3) is 0 Å². The molecule has 356 valence electrons. The second-order valence-corrected chi connectivity index (χ2v) is 21.4. The van der Waals surface area contributed by atoms with Crippen LogP contribution in [0.2, 0.25) is 0 Å². The highest BCUT2D eigenvalue weighted by atomic mass is 16.5. The fourth-order valence-corrected chi connectivity index (χ4v) is 11.5. The quantitative estimate of drug-likeness (QED) is 0.216. The number of fused-ring (bicyclic) bond motifs is 3. The Kier molecular flexibility index (Phi) is 17.1. The van der Waals surface area contributed by atoms with Crippen molar-refractivity contribution in [2.45, 2.75) is 175 Å². The van der Waals surface area contributed by atoms with E-state index in [1.165, 1.54) is 0 Å². The zero-order valence-corrected chi connectivity index (χ0v) is 41.6. The molecule has 5 saturated heterocycles. The molecule has 0 aromatic carbocycles. The average molecular weight is 877 g/mol. The molecule has 0 aromatic rings. The first-order valence-corrected chi connectivity index (χ1v) is 24.7. The summed E-state index contributed by atoms with van der Waals surface area (Å²) in [5.74, 6) is 1.06. The zero-order chi connectivity index (χ0) is 46.7. The Labute approximate surface area is 382 Å². The van der Waals surface area contributed by atoms with Crippen LogP contribution in [0.3, 0.4) is 0 Å². The van der Waals surface area contributed by atoms with Gasteiger partial charge in [0.05, 0.1) is 42.4 Å². The molecule has 0 spiro atoms. The number of likely N-dealkylation sites (N-methyl/N-ethyl adjacent to an activating group) is 1. The predicted octanol–water partition coefficient (Wildman–Crippen LogP) is 7.48. The highest BCUT2D eigenvalue weighted by Gasteiger charge is 2.47. The fourth-order valence-electron chi connectivity index (χ4n) is 11.5. The Balaban J connectivity index is 1.56. The van der Waals surface area contributed by atoms with Gasteiger partial charge in [0.15, 0.2) is 5.78 Å². The number of amides is 2. The van der Waals surface area contributed by atoms with E-state index in [0.717, 1.165) is 75.0 Å². The number of Topliss-reactive ketones (excluding diaryl/α,β-unsaturated/α-hetero) is 1. The van der Waals surface area contributed by atoms with Crippen LogP contribution in [0.4, 0.5) is 0 Å². The van der Waals surface area contributed by atoms with E-state index < -0.39 is 17.7 Å². The van der Waals surface area contributed by atoms with Crippen molar-refractivity contribution in [2.75, 3.05) is 40.3 Å². The summed E-state index contributed by atoms with van der Waals surface area (Å²) in [5.41, 5.74) is 6.43. The number of nitrogens with one attached hydrogen (secondary N) is 3. The van der Waals surface area contributed by atoms with E-state index in [1.54, 1.807) is 5.01 Å². The minimum absolute atomic E-state index is 0.0266. The maximum Gasteiger partial charge on any atom is 0.257 e. The fraction of sp³-hybridized carbons (Fsp3) is 0.784. The molecule has 12 nitrogen and oxygen atoms in total. The molecule has 0 aliphatic carbocycles. The zero-order valence-electron chi connectivity index (χ0n) is 41.6. The number of hydrogen-bond acceptors (Lipinski definition) is 10. The van der Waals surface area contributed by atoms with Gasteiger partial charge in [-0.05, 0) is 100 Å². The molecule has 0 saturated carbocycles. The van der Waals surface area contributed by atoms with E-state index in [2.05, 4.69) is 103 Å². The van der Waals surface area contributed by atoms with E-state index in [9.17, 15) is 14.4 Å². The summed E-state index contributed by atoms with van der Waals surface area (Å²) >= 11 is 0. The van der Waals surface area contributed by atoms with Crippen molar-refractivity contribution in [2.24, 2.45) is 41.4 Å². The Bertz CT molecular complexity index is 1680. The number of carbonyl (C=O) groups is 3. The molecule has 0 bridgehead atoms. The van der Waals surface area contributed by atoms with Crippen LogP contribution in [0, 0.1) is 41.4 Å². The molecule has 5 heterocycles. The van der Waals surface area contributed by atoms with Crippen LogP contribution in [0.5, 0.6) is 0 Å². The van der Waals surface area contributed by atoms with Gasteiger partial charge in [-0.1, -0.05) is 88.6 Å². The SMILES string of the molecule is C=C1NC(C(C)C)C(=O)CC(C(C)C)C(NC(=C)C(C)C2(C)CCC(CC(C)C)C(CC)O2)C(=C)N2NCCCC2C(=C)N(C)CC(=O)N2C(CCCN2C)C(=O)N2CCC(C)C12. The summed E-state index contributed by atoms with van der Waals surface area (Å²) in [7, 11) is 3.83. The summed E-state index contributed by atoms with van der Waals surface area (Å²) in [5, 5.41) is 13.3. The third-order valence-corrected chi connectivity index (χ3v) is 15.7. The Morgan fingerprint density at radius 1 is 0.921 bits per heavy atom. The van der Waals surface area contributed by atoms with Gasteiger partial charge in [-0.15, -0.1) is 0 Å². The first-order valence-electron chi connectivity index (χ1n) is 24.7. The van der Waals surface area contributed by atoms with Crippen LogP contribution >= 0.6 is 0 Å². The first-order chi connectivity index (χ1) is 29.6. The lowest BCUT2D eigenvalue weighted by atomic mass is 9.75. The number of hydrogen-bond donors (Lipinski definition) is 3. The van der Waals surface area contributed by atoms with Crippen molar-refractivity contribution in [3.63, 3.8) is 0 Å². The molecule has 2 amide bonds. The van der Waals surface area contributed by atoms with Crippen LogP contribution in [-0.4, -0.2) is 125 Å². The Morgan fingerprint density at radius 2 is 1.60 bits per heavy atom. The topological polar surface area (TPSA) is 113 Å². The highest BCUT2D eigenvalue weighted by molar-refractivity contribution is 5.89. The smallest absolute Gasteiger partial charge is 0.257 e. The van der Waals surface area contributed by atoms with Gasteiger partial charge in [-0.3, -0.25) is 19.4 Å². The van der Waals surface area contributed by atoms with Crippen molar-refractivity contribution in [3.05, 3.63) is 49.1 Å². The third-order valence-electron chi connectivity index (χ3n) is 15.7. The molecular formula is C51H88N8O4. The molecular weight excluding hydrogens is 789 g/mol. The third kappa shape index (κ3) is 11.2. The molecule has 5 rings (SSSR count). The minimum atomic E-state index is -0.625. The van der Waals surface area contributed by atoms with E-state index >= 15 is 0 Å². The summed E-state index contributed by atoms with van der Waals surface area (Å²) in [6.45, 7) is 42.9. The highest BCUT2D eigenvalue weighted by Crippen LogP contribution is 2.43. The molecule has 5 aliphatic heterocycles. The monoisotopic (exact) mass is 877 g/mol. The minimum Gasteiger partial charge on any atom is -0.380 e. The van der Waals surface area contributed by atoms with Crippen LogP contribution in [0.15, 0.2) is 49.1 Å². The number of hydrazine groups is 2. The normalized spacial score (nSPS) is 34.4. The summed E-state index contributed by atoms with van der Waals surface area (Å²) in [4.78, 5) is 48.1. The number of rotatable bonds is 9. The van der Waals surface area contributed by atoms with Gasteiger partial charge >= 0.3 is 0 Å². The van der Waals surface area contributed by atoms with Gasteiger partial charge in [-0.25, -0.2) is 10.4 Å². The van der Waals surface area contributed by atoms with Crippen molar-refractivity contribution < 1.29 is 19.1 Å². The maximum atomic E-state index is 15.0. The lowest BCUT2D eigenvalue weighted by molar-refractivity contribution is -0.169. The molecule has 0 radical (unpaired) electrons. The predicted molar refractivity (Wildman–Crippen MR) is 255 cm³/mol. The van der Waals surface area contributed by atoms with Gasteiger partial charge in [0, 0.05) is 68.9 Å². The second kappa shape index (κ2) is 21.3. The van der Waals surface area contributed by atoms with Gasteiger partial charge in [0.25, 0.3) is 5.91 Å². The molecule has 11 unspecified atom stereocenters. The summed E-state index contributed by atoms with van der Waals surface area (Å²) in [6, 6.07) is -2.03. The lowest BCUT2D eigenvalue weighted by Crippen LogP contribution is -2.62. The number of ether oxygens (including phenoxy) is 1. The molecule has 12 heteroatoms. The van der Waals surface area contributed by atoms with Crippen LogP contribution in [0.1, 0.15) is 133 Å². The van der Waals surface area contributed by atoms with Crippen molar-refractivity contribution >= 4 is 17.6 Å². The first kappa shape index (κ1) is 50.6. The Morgan fingerprint density at radius 3 is 2.24 bits per heavy atom. The average Bonchev–Trinajstić information content (AvgIpc) is 3.63. The van der Waals surface area contributed by atoms with Gasteiger partial charge in [-0.2, -0.15) is 0 Å². The van der Waals surface area contributed by atoms with Crippen molar-refractivity contribution in [1.82, 2.24) is 40.9 Å². The summed E-state index contributed by atoms with van der Waals surface area (Å²) < 4.78 is 7.08. The van der Waals surface area contributed by atoms with Crippen molar-refractivity contribution in [1.29, 1.82) is 0 Å². The van der Waals surface area contributed by atoms with E-state index in [0.29, 0.717) is 43.5 Å². The van der Waals surface area contributed by atoms with Gasteiger partial charge in [0.1, 0.15) is 6.04 Å². The number of carbonyl (C=O) groups excluding carboxylic acids is 3. The molecule has 0 aromatic heterocycles. The van der Waals surface area contributed by atoms with E-state index in [4.69, 9.17) is 17.9 Å². The molecule has 5 aliphatic rings. The molecule has 5 fully saturated rings. The lowest BCUT2D eigenvalue weighted by Gasteiger charge is -2.49. The Hall–Kier alpha value is -3.35. The van der Waals surface area contributed by atoms with Gasteiger partial charge in [0.2, 0.25) is 5.91 Å².